The molecule has 12 heavy (non-hydrogen) atoms. The summed E-state index contributed by atoms with van der Waals surface area (Å²) in [6.45, 7) is 0. The summed E-state index contributed by atoms with van der Waals surface area (Å²) in [5.74, 6) is -6.20. The Morgan fingerprint density at radius 3 is 2.58 bits per heavy atom. The van der Waals surface area contributed by atoms with Crippen molar-refractivity contribution in [2.24, 2.45) is 0 Å². The molecule has 0 saturated heterocycles. The van der Waals surface area contributed by atoms with Gasteiger partial charge in [0.25, 0.3) is 0 Å². The largest absolute Gasteiger partial charge is 0.476 e. The van der Waals surface area contributed by atoms with Crippen LogP contribution in [0.3, 0.4) is 0 Å². The number of halogens is 2. The van der Waals surface area contributed by atoms with E-state index in [4.69, 9.17) is 5.11 Å². The maximum atomic E-state index is 12.6. The number of hydrogen-bond acceptors (Lipinski definition) is 3. The number of nitrogens with zero attached hydrogens (tertiary/aromatic N) is 2. The normalized spacial score (nSPS) is 11.2. The maximum absolute atomic E-state index is 12.6. The van der Waals surface area contributed by atoms with Crippen LogP contribution in [-0.4, -0.2) is 21.0 Å². The smallest absolute Gasteiger partial charge is 0.385 e. The minimum Gasteiger partial charge on any atom is -0.476 e. The molecule has 0 amide bonds. The second-order valence-corrected chi connectivity index (χ2v) is 1.97. The lowest BCUT2D eigenvalue weighted by atomic mass is 10.2. The molecule has 0 aromatic carbocycles. The summed E-state index contributed by atoms with van der Waals surface area (Å²) in [6, 6.07) is 0. The summed E-state index contributed by atoms with van der Waals surface area (Å²) in [5, 5.41) is 8.08. The average Bonchev–Trinajstić information content (AvgIpc) is 2.06. The van der Waals surface area contributed by atoms with Gasteiger partial charge in [-0.1, -0.05) is 0 Å². The Balaban J connectivity index is 3.06. The summed E-state index contributed by atoms with van der Waals surface area (Å²) < 4.78 is 25.2. The number of rotatable bonds is 2. The van der Waals surface area contributed by atoms with E-state index >= 15 is 0 Å². The van der Waals surface area contributed by atoms with Gasteiger partial charge in [0.1, 0.15) is 5.69 Å². The maximum Gasteiger partial charge on any atom is 0.385 e. The van der Waals surface area contributed by atoms with Crippen LogP contribution in [0.1, 0.15) is 5.69 Å². The second-order valence-electron chi connectivity index (χ2n) is 1.97. The number of aromatic nitrogens is 2. The van der Waals surface area contributed by atoms with Gasteiger partial charge >= 0.3 is 11.9 Å². The Hall–Kier alpha value is -1.59. The predicted molar refractivity (Wildman–Crippen MR) is 33.6 cm³/mol. The number of carboxylic acids is 1. The van der Waals surface area contributed by atoms with Crippen LogP contribution in [0, 0.1) is 0 Å². The minimum absolute atomic E-state index is 0.716. The number of hydrogen-bond donors (Lipinski definition) is 1. The van der Waals surface area contributed by atoms with E-state index in [1.54, 1.807) is 0 Å². The van der Waals surface area contributed by atoms with Gasteiger partial charge in [0.15, 0.2) is 0 Å². The van der Waals surface area contributed by atoms with E-state index in [1.165, 1.54) is 6.20 Å². The van der Waals surface area contributed by atoms with Crippen LogP contribution in [-0.2, 0) is 10.7 Å². The molecule has 0 aliphatic rings. The lowest BCUT2D eigenvalue weighted by Gasteiger charge is -2.08. The van der Waals surface area contributed by atoms with Crippen LogP contribution in [0.25, 0.3) is 0 Å². The van der Waals surface area contributed by atoms with Crippen LogP contribution in [0.4, 0.5) is 8.78 Å². The molecule has 4 nitrogen and oxygen atoms in total. The molecule has 64 valence electrons. The highest BCUT2D eigenvalue weighted by atomic mass is 19.3. The van der Waals surface area contributed by atoms with Crippen LogP contribution in [0.5, 0.6) is 0 Å². The molecular formula is C6H4F2N2O2. The molecule has 0 atom stereocenters. The molecule has 1 heterocycles. The molecule has 0 bridgehead atoms. The molecule has 0 spiro atoms. The zero-order valence-corrected chi connectivity index (χ0v) is 5.74. The Morgan fingerprint density at radius 2 is 2.17 bits per heavy atom. The molecule has 6 heteroatoms. The predicted octanol–water partition coefficient (Wildman–Crippen LogP) is 0.653. The monoisotopic (exact) mass is 174 g/mol. The van der Waals surface area contributed by atoms with Gasteiger partial charge in [0.05, 0.1) is 6.20 Å². The summed E-state index contributed by atoms with van der Waals surface area (Å²) in [5.41, 5.74) is -0.863. The van der Waals surface area contributed by atoms with Gasteiger partial charge < -0.3 is 5.11 Å². The molecule has 0 aliphatic heterocycles. The molecule has 0 radical (unpaired) electrons. The van der Waals surface area contributed by atoms with Gasteiger partial charge in [0, 0.05) is 12.4 Å². The van der Waals surface area contributed by atoms with Crippen molar-refractivity contribution in [2.45, 2.75) is 5.92 Å². The molecule has 0 saturated carbocycles. The van der Waals surface area contributed by atoms with Crippen LogP contribution >= 0.6 is 0 Å². The summed E-state index contributed by atoms with van der Waals surface area (Å²) in [7, 11) is 0. The van der Waals surface area contributed by atoms with Crippen molar-refractivity contribution in [3.8, 4) is 0 Å². The lowest BCUT2D eigenvalue weighted by molar-refractivity contribution is -0.167. The van der Waals surface area contributed by atoms with E-state index in [9.17, 15) is 13.6 Å². The third-order valence-corrected chi connectivity index (χ3v) is 1.15. The highest BCUT2D eigenvalue weighted by molar-refractivity contribution is 5.76. The number of carboxylic acid groups (broad SMARTS) is 1. The van der Waals surface area contributed by atoms with Crippen molar-refractivity contribution in [3.05, 3.63) is 24.3 Å². The van der Waals surface area contributed by atoms with Crippen molar-refractivity contribution in [1.82, 2.24) is 9.97 Å². The molecular weight excluding hydrogens is 170 g/mol. The van der Waals surface area contributed by atoms with E-state index < -0.39 is 17.6 Å². The van der Waals surface area contributed by atoms with Crippen LogP contribution in [0.15, 0.2) is 18.6 Å². The first-order valence-electron chi connectivity index (χ1n) is 2.93. The van der Waals surface area contributed by atoms with Gasteiger partial charge in [-0.3, -0.25) is 9.97 Å². The van der Waals surface area contributed by atoms with E-state index in [0.29, 0.717) is 6.20 Å². The van der Waals surface area contributed by atoms with E-state index in [-0.39, 0.29) is 0 Å². The van der Waals surface area contributed by atoms with Crippen LogP contribution < -0.4 is 0 Å². The molecule has 1 aromatic heterocycles. The standard InChI is InChI=1S/C6H4F2N2O2/c7-6(8,5(11)12)4-3-9-1-2-10-4/h1-3H,(H,11,12). The SMILES string of the molecule is O=C(O)C(F)(F)c1cnccn1. The first kappa shape index (κ1) is 8.51. The molecule has 0 fully saturated rings. The van der Waals surface area contributed by atoms with E-state index in [0.717, 1.165) is 6.20 Å². The fourth-order valence-electron chi connectivity index (χ4n) is 0.571. The minimum atomic E-state index is -3.96. The molecule has 1 aromatic rings. The fraction of sp³-hybridized carbons (Fsp3) is 0.167. The third-order valence-electron chi connectivity index (χ3n) is 1.15. The lowest BCUT2D eigenvalue weighted by Crippen LogP contribution is -2.26. The number of alkyl halides is 2. The van der Waals surface area contributed by atoms with E-state index in [2.05, 4.69) is 9.97 Å². The van der Waals surface area contributed by atoms with Gasteiger partial charge in [-0.15, -0.1) is 0 Å². The summed E-state index contributed by atoms with van der Waals surface area (Å²) >= 11 is 0. The van der Waals surface area contributed by atoms with Crippen molar-refractivity contribution in [3.63, 3.8) is 0 Å². The van der Waals surface area contributed by atoms with Crippen molar-refractivity contribution in [1.29, 1.82) is 0 Å². The Morgan fingerprint density at radius 1 is 1.50 bits per heavy atom. The molecule has 1 N–H and O–H groups in total. The zero-order chi connectivity index (χ0) is 9.19. The quantitative estimate of drug-likeness (QED) is 0.715. The summed E-state index contributed by atoms with van der Waals surface area (Å²) in [4.78, 5) is 16.5. The Kier molecular flexibility index (Phi) is 1.99. The van der Waals surface area contributed by atoms with Gasteiger partial charge in [-0.05, 0) is 0 Å². The summed E-state index contributed by atoms with van der Waals surface area (Å²) in [6.07, 6.45) is 2.90. The topological polar surface area (TPSA) is 63.1 Å². The third kappa shape index (κ3) is 1.36. The van der Waals surface area contributed by atoms with Crippen LogP contribution in [0.2, 0.25) is 0 Å². The highest BCUT2D eigenvalue weighted by Crippen LogP contribution is 2.24. The first-order chi connectivity index (χ1) is 5.55. The van der Waals surface area contributed by atoms with Crippen molar-refractivity contribution in [2.75, 3.05) is 0 Å². The van der Waals surface area contributed by atoms with Gasteiger partial charge in [0.2, 0.25) is 0 Å². The second kappa shape index (κ2) is 2.80. The molecule has 0 unspecified atom stereocenters. The average molecular weight is 174 g/mol. The fourth-order valence-corrected chi connectivity index (χ4v) is 0.571. The van der Waals surface area contributed by atoms with Gasteiger partial charge in [-0.2, -0.15) is 8.78 Å². The number of aliphatic carboxylic acids is 1. The molecule has 0 aliphatic carbocycles. The van der Waals surface area contributed by atoms with Gasteiger partial charge in [-0.25, -0.2) is 4.79 Å². The van der Waals surface area contributed by atoms with Crippen molar-refractivity contribution < 1.29 is 18.7 Å². The van der Waals surface area contributed by atoms with E-state index in [1.807, 2.05) is 0 Å². The zero-order valence-electron chi connectivity index (χ0n) is 5.74. The molecule has 1 rings (SSSR count). The Labute approximate surface area is 65.9 Å². The highest BCUT2D eigenvalue weighted by Gasteiger charge is 2.42. The van der Waals surface area contributed by atoms with Crippen molar-refractivity contribution >= 4 is 5.97 Å². The Bertz CT molecular complexity index is 289. The number of carbonyl (C=O) groups is 1. The first-order valence-corrected chi connectivity index (χ1v) is 2.93.